The third-order valence-electron chi connectivity index (χ3n) is 2.43. The fourth-order valence-electron chi connectivity index (χ4n) is 1.53. The van der Waals surface area contributed by atoms with Crippen LogP contribution in [0.15, 0.2) is 36.5 Å². The molecule has 1 aromatic carbocycles. The van der Waals surface area contributed by atoms with Gasteiger partial charge in [-0.05, 0) is 5.56 Å². The number of nitrogens with two attached hydrogens (primary N) is 1. The average molecular weight is 247 g/mol. The SMILES string of the molecule is Cn1ncc(C(=O)ON)c1OCc1ccccc1. The Bertz CT molecular complexity index is 537. The predicted octanol–water partition coefficient (Wildman–Crippen LogP) is 1.03. The maximum absolute atomic E-state index is 11.4. The van der Waals surface area contributed by atoms with E-state index in [0.29, 0.717) is 12.5 Å². The molecule has 0 aliphatic heterocycles. The third-order valence-corrected chi connectivity index (χ3v) is 2.43. The first-order chi connectivity index (χ1) is 8.72. The summed E-state index contributed by atoms with van der Waals surface area (Å²) in [6, 6.07) is 9.60. The molecule has 2 N–H and O–H groups in total. The molecule has 0 unspecified atom stereocenters. The molecular formula is C12H13N3O3. The highest BCUT2D eigenvalue weighted by Crippen LogP contribution is 2.19. The summed E-state index contributed by atoms with van der Waals surface area (Å²) in [5.74, 6) is 4.50. The van der Waals surface area contributed by atoms with Gasteiger partial charge in [0.05, 0.1) is 6.20 Å². The van der Waals surface area contributed by atoms with Crippen molar-refractivity contribution in [2.24, 2.45) is 12.9 Å². The van der Waals surface area contributed by atoms with Gasteiger partial charge in [-0.2, -0.15) is 11.0 Å². The van der Waals surface area contributed by atoms with Crippen molar-refractivity contribution in [3.63, 3.8) is 0 Å². The zero-order chi connectivity index (χ0) is 13.0. The number of hydrogen-bond donors (Lipinski definition) is 1. The molecule has 0 saturated carbocycles. The highest BCUT2D eigenvalue weighted by Gasteiger charge is 2.18. The van der Waals surface area contributed by atoms with Crippen LogP contribution in [0.25, 0.3) is 0 Å². The molecule has 6 nitrogen and oxygen atoms in total. The molecular weight excluding hydrogens is 234 g/mol. The van der Waals surface area contributed by atoms with Crippen molar-refractivity contribution in [2.75, 3.05) is 0 Å². The fourth-order valence-corrected chi connectivity index (χ4v) is 1.53. The van der Waals surface area contributed by atoms with Crippen LogP contribution < -0.4 is 10.6 Å². The monoisotopic (exact) mass is 247 g/mol. The summed E-state index contributed by atoms with van der Waals surface area (Å²) in [4.78, 5) is 15.5. The van der Waals surface area contributed by atoms with E-state index < -0.39 is 5.97 Å². The van der Waals surface area contributed by atoms with Crippen molar-refractivity contribution in [1.29, 1.82) is 0 Å². The van der Waals surface area contributed by atoms with Gasteiger partial charge in [0, 0.05) is 7.05 Å². The summed E-state index contributed by atoms with van der Waals surface area (Å²) >= 11 is 0. The number of rotatable bonds is 4. The second-order valence-electron chi connectivity index (χ2n) is 3.67. The van der Waals surface area contributed by atoms with Crippen LogP contribution in [0.2, 0.25) is 0 Å². The van der Waals surface area contributed by atoms with Crippen LogP contribution in [-0.2, 0) is 18.5 Å². The summed E-state index contributed by atoms with van der Waals surface area (Å²) in [5.41, 5.74) is 1.20. The van der Waals surface area contributed by atoms with Crippen LogP contribution in [0.4, 0.5) is 0 Å². The van der Waals surface area contributed by atoms with Crippen LogP contribution in [-0.4, -0.2) is 15.7 Å². The van der Waals surface area contributed by atoms with E-state index in [1.54, 1.807) is 7.05 Å². The van der Waals surface area contributed by atoms with Crippen molar-refractivity contribution < 1.29 is 14.4 Å². The van der Waals surface area contributed by atoms with Gasteiger partial charge in [0.2, 0.25) is 5.88 Å². The van der Waals surface area contributed by atoms with Crippen LogP contribution in [0.5, 0.6) is 5.88 Å². The van der Waals surface area contributed by atoms with Gasteiger partial charge in [-0.3, -0.25) is 0 Å². The zero-order valence-corrected chi connectivity index (χ0v) is 9.87. The average Bonchev–Trinajstić information content (AvgIpc) is 2.78. The molecule has 0 saturated heterocycles. The largest absolute Gasteiger partial charge is 0.472 e. The molecule has 0 atom stereocenters. The summed E-state index contributed by atoms with van der Waals surface area (Å²) in [6.07, 6.45) is 1.36. The number of carbonyl (C=O) groups excluding carboxylic acids is 1. The van der Waals surface area contributed by atoms with E-state index in [1.807, 2.05) is 30.3 Å². The Morgan fingerprint density at radius 1 is 1.39 bits per heavy atom. The van der Waals surface area contributed by atoms with Crippen LogP contribution in [0, 0.1) is 0 Å². The van der Waals surface area contributed by atoms with E-state index in [0.717, 1.165) is 5.56 Å². The van der Waals surface area contributed by atoms with Gasteiger partial charge < -0.3 is 9.57 Å². The minimum absolute atomic E-state index is 0.205. The van der Waals surface area contributed by atoms with Gasteiger partial charge in [0.15, 0.2) is 0 Å². The lowest BCUT2D eigenvalue weighted by molar-refractivity contribution is 0.0497. The molecule has 1 aromatic heterocycles. The van der Waals surface area contributed by atoms with Crippen LogP contribution in [0.3, 0.4) is 0 Å². The third kappa shape index (κ3) is 2.49. The first-order valence-electron chi connectivity index (χ1n) is 5.32. The summed E-state index contributed by atoms with van der Waals surface area (Å²) in [6.45, 7) is 0.339. The predicted molar refractivity (Wildman–Crippen MR) is 63.6 cm³/mol. The minimum Gasteiger partial charge on any atom is -0.472 e. The molecule has 6 heteroatoms. The van der Waals surface area contributed by atoms with E-state index in [-0.39, 0.29) is 5.56 Å². The lowest BCUT2D eigenvalue weighted by atomic mass is 10.2. The van der Waals surface area contributed by atoms with Gasteiger partial charge in [0.25, 0.3) is 0 Å². The van der Waals surface area contributed by atoms with E-state index in [9.17, 15) is 4.79 Å². The minimum atomic E-state index is -0.675. The lowest BCUT2D eigenvalue weighted by Crippen LogP contribution is -2.12. The van der Waals surface area contributed by atoms with Crippen molar-refractivity contribution >= 4 is 5.97 Å². The molecule has 0 aliphatic carbocycles. The van der Waals surface area contributed by atoms with Crippen LogP contribution in [0.1, 0.15) is 15.9 Å². The van der Waals surface area contributed by atoms with E-state index >= 15 is 0 Å². The molecule has 18 heavy (non-hydrogen) atoms. The maximum atomic E-state index is 11.4. The summed E-state index contributed by atoms with van der Waals surface area (Å²) in [5, 5.41) is 3.93. The normalized spacial score (nSPS) is 10.1. The van der Waals surface area contributed by atoms with Crippen molar-refractivity contribution in [2.45, 2.75) is 6.61 Å². The van der Waals surface area contributed by atoms with Gasteiger partial charge in [-0.25, -0.2) is 9.48 Å². The number of aromatic nitrogens is 2. The number of hydrogen-bond acceptors (Lipinski definition) is 5. The smallest absolute Gasteiger partial charge is 0.363 e. The van der Waals surface area contributed by atoms with Crippen LogP contribution >= 0.6 is 0 Å². The number of benzene rings is 1. The van der Waals surface area contributed by atoms with Gasteiger partial charge in [-0.1, -0.05) is 30.3 Å². The Morgan fingerprint density at radius 2 is 2.11 bits per heavy atom. The highest BCUT2D eigenvalue weighted by atomic mass is 16.7. The van der Waals surface area contributed by atoms with Gasteiger partial charge >= 0.3 is 5.97 Å². The van der Waals surface area contributed by atoms with Crippen molar-refractivity contribution in [1.82, 2.24) is 9.78 Å². The zero-order valence-electron chi connectivity index (χ0n) is 9.87. The Balaban J connectivity index is 2.14. The number of carbonyl (C=O) groups is 1. The Hall–Kier alpha value is -2.34. The Morgan fingerprint density at radius 3 is 2.78 bits per heavy atom. The second kappa shape index (κ2) is 5.33. The Kier molecular flexibility index (Phi) is 3.59. The number of nitrogens with zero attached hydrogens (tertiary/aromatic N) is 2. The Labute approximate surface area is 104 Å². The highest BCUT2D eigenvalue weighted by molar-refractivity contribution is 5.91. The summed E-state index contributed by atoms with van der Waals surface area (Å²) < 4.78 is 7.01. The molecule has 0 aliphatic rings. The molecule has 2 rings (SSSR count). The number of aryl methyl sites for hydroxylation is 1. The first kappa shape index (κ1) is 12.1. The van der Waals surface area contributed by atoms with E-state index in [4.69, 9.17) is 10.6 Å². The van der Waals surface area contributed by atoms with E-state index in [1.165, 1.54) is 10.9 Å². The van der Waals surface area contributed by atoms with Gasteiger partial charge in [0.1, 0.15) is 12.2 Å². The molecule has 94 valence electrons. The molecule has 0 fully saturated rings. The second-order valence-corrected chi connectivity index (χ2v) is 3.67. The molecule has 0 amide bonds. The molecule has 0 bridgehead atoms. The fraction of sp³-hybridized carbons (Fsp3) is 0.167. The maximum Gasteiger partial charge on any atom is 0.363 e. The molecule has 2 aromatic rings. The lowest BCUT2D eigenvalue weighted by Gasteiger charge is -2.07. The number of ether oxygens (including phenoxy) is 1. The van der Waals surface area contributed by atoms with Crippen molar-refractivity contribution in [3.8, 4) is 5.88 Å². The topological polar surface area (TPSA) is 79.4 Å². The summed E-state index contributed by atoms with van der Waals surface area (Å²) in [7, 11) is 1.67. The van der Waals surface area contributed by atoms with E-state index in [2.05, 4.69) is 9.94 Å². The first-order valence-corrected chi connectivity index (χ1v) is 5.32. The molecule has 1 heterocycles. The van der Waals surface area contributed by atoms with Crippen molar-refractivity contribution in [3.05, 3.63) is 47.7 Å². The quantitative estimate of drug-likeness (QED) is 0.816. The van der Waals surface area contributed by atoms with Gasteiger partial charge in [-0.15, -0.1) is 0 Å². The molecule has 0 radical (unpaired) electrons. The standard InChI is InChI=1S/C12H13N3O3/c1-15-11(10(7-14-15)12(16)18-13)17-8-9-5-3-2-4-6-9/h2-7H,8,13H2,1H3. The molecule has 0 spiro atoms.